The molecule has 0 spiro atoms. The molecule has 0 bridgehead atoms. The number of nitrogens with one attached hydrogen (secondary N) is 5. The lowest BCUT2D eigenvalue weighted by Crippen LogP contribution is -2.27. The number of allylic oxidation sites excluding steroid dienone is 2. The first-order valence-electron chi connectivity index (χ1n) is 22.3. The first kappa shape index (κ1) is 55.2. The summed E-state index contributed by atoms with van der Waals surface area (Å²) in [5.74, 6) is -4.14. The smallest absolute Gasteiger partial charge is 0.322 e. The minimum Gasteiger partial charge on any atom is -0.480 e. The molecule has 404 valence electrons. The molecule has 0 atom stereocenters. The van der Waals surface area contributed by atoms with Crippen molar-refractivity contribution in [2.75, 3.05) is 51.4 Å². The molecule has 0 fully saturated rings. The number of ketones is 2. The second-order valence-corrected chi connectivity index (χ2v) is 20.8. The molecule has 0 heterocycles. The molecule has 0 radical (unpaired) electrons. The van der Waals surface area contributed by atoms with Gasteiger partial charge in [-0.05, 0) is 126 Å². The molecule has 79 heavy (non-hydrogen) atoms. The summed E-state index contributed by atoms with van der Waals surface area (Å²) in [5, 5.41) is 50.3. The van der Waals surface area contributed by atoms with Gasteiger partial charge in [-0.2, -0.15) is 45.7 Å². The number of hydrazone groups is 2. The third kappa shape index (κ3) is 13.3. The van der Waals surface area contributed by atoms with Crippen LogP contribution in [0.2, 0.25) is 0 Å². The van der Waals surface area contributed by atoms with Gasteiger partial charge in [0.05, 0.1) is 34.1 Å². The Hall–Kier alpha value is -10.1. The lowest BCUT2D eigenvalue weighted by atomic mass is 9.94. The number of anilines is 8. The van der Waals surface area contributed by atoms with Gasteiger partial charge >= 0.3 is 11.9 Å². The van der Waals surface area contributed by atoms with Gasteiger partial charge in [0.1, 0.15) is 39.2 Å². The Kier molecular flexibility index (Phi) is 15.6. The van der Waals surface area contributed by atoms with Crippen molar-refractivity contribution in [3.05, 3.63) is 147 Å². The molecule has 31 heteroatoms. The summed E-state index contributed by atoms with van der Waals surface area (Å²) in [6.07, 6.45) is 1.99. The largest absolute Gasteiger partial charge is 0.480 e. The monoisotopic (exact) mass is 1130 g/mol. The van der Waals surface area contributed by atoms with Crippen molar-refractivity contribution >= 4 is 146 Å². The summed E-state index contributed by atoms with van der Waals surface area (Å²) in [7, 11) is -15.2. The average molecular weight is 1130 g/mol. The zero-order valence-electron chi connectivity index (χ0n) is 39.9. The van der Waals surface area contributed by atoms with Gasteiger partial charge in [-0.15, -0.1) is 10.2 Å². The van der Waals surface area contributed by atoms with E-state index in [0.717, 1.165) is 24.3 Å². The number of hydrogen-bond acceptors (Lipinski definition) is 23. The van der Waals surface area contributed by atoms with Gasteiger partial charge in [0.2, 0.25) is 11.6 Å². The summed E-state index contributed by atoms with van der Waals surface area (Å²) in [4.78, 5) is 46.8. The van der Waals surface area contributed by atoms with Crippen LogP contribution in [0.5, 0.6) is 0 Å². The SMILES string of the molecule is Nc1cc(NCC(=O)O)ccc1N=Nc1ccc2c(c1)C(=O)/C(=N/Nc1ccc(Nc3ccc(N/N=C4/C(=O)c5cc(N=Nc6ccc(NCC(=O)O)cc6N)ccc5C=C4S(=O)(=O)O)c(S(=O)(=O)O)c3)cc1)C(S(=O)(=O)O)=C2. The number of benzene rings is 6. The predicted molar refractivity (Wildman–Crippen MR) is 291 cm³/mol. The lowest BCUT2D eigenvalue weighted by Gasteiger charge is -2.17. The molecule has 6 aromatic rings. The van der Waals surface area contributed by atoms with Crippen LogP contribution in [0.4, 0.5) is 68.2 Å². The third-order valence-corrected chi connectivity index (χ3v) is 13.7. The highest BCUT2D eigenvalue weighted by Crippen LogP contribution is 2.35. The number of carboxylic acid groups (broad SMARTS) is 2. The summed E-state index contributed by atoms with van der Waals surface area (Å²) < 4.78 is 106. The molecule has 0 unspecified atom stereocenters. The van der Waals surface area contributed by atoms with Gasteiger partial charge < -0.3 is 37.6 Å². The molecule has 2 aliphatic rings. The molecule has 0 saturated heterocycles. The zero-order chi connectivity index (χ0) is 57.0. The van der Waals surface area contributed by atoms with E-state index in [-0.39, 0.29) is 80.8 Å². The second kappa shape index (κ2) is 22.3. The van der Waals surface area contributed by atoms with Gasteiger partial charge in [-0.1, -0.05) is 12.1 Å². The van der Waals surface area contributed by atoms with Crippen LogP contribution < -0.4 is 38.3 Å². The van der Waals surface area contributed by atoms with E-state index in [9.17, 15) is 58.1 Å². The highest BCUT2D eigenvalue weighted by atomic mass is 32.2. The molecule has 0 aromatic heterocycles. The molecule has 2 aliphatic carbocycles. The topological polar surface area (TPSA) is 458 Å². The highest BCUT2D eigenvalue weighted by Gasteiger charge is 2.35. The number of nitrogen functional groups attached to an aromatic ring is 2. The zero-order valence-corrected chi connectivity index (χ0v) is 42.4. The number of azo groups is 2. The van der Waals surface area contributed by atoms with E-state index in [1.165, 1.54) is 103 Å². The van der Waals surface area contributed by atoms with Gasteiger partial charge in [0.15, 0.2) is 11.4 Å². The van der Waals surface area contributed by atoms with Crippen LogP contribution in [-0.2, 0) is 39.9 Å². The normalized spacial score (nSPS) is 14.6. The predicted octanol–water partition coefficient (Wildman–Crippen LogP) is 7.45. The first-order chi connectivity index (χ1) is 37.3. The fourth-order valence-electron chi connectivity index (χ4n) is 7.39. The lowest BCUT2D eigenvalue weighted by molar-refractivity contribution is -0.135. The van der Waals surface area contributed by atoms with Crippen molar-refractivity contribution in [3.8, 4) is 0 Å². The number of carbonyl (C=O) groups excluding carboxylic acids is 2. The Morgan fingerprint density at radius 3 is 1.34 bits per heavy atom. The number of rotatable bonds is 19. The Morgan fingerprint density at radius 1 is 0.481 bits per heavy atom. The van der Waals surface area contributed by atoms with Crippen molar-refractivity contribution in [1.82, 2.24) is 0 Å². The molecule has 0 saturated carbocycles. The molecular weight excluding hydrogens is 1090 g/mol. The number of fused-ring (bicyclic) bond motifs is 2. The maximum Gasteiger partial charge on any atom is 0.322 e. The molecule has 8 rings (SSSR count). The Bertz CT molecular complexity index is 4110. The van der Waals surface area contributed by atoms with Crippen LogP contribution in [0.3, 0.4) is 0 Å². The Balaban J connectivity index is 0.972. The van der Waals surface area contributed by atoms with Crippen molar-refractivity contribution in [2.24, 2.45) is 30.7 Å². The number of aliphatic carboxylic acids is 2. The summed E-state index contributed by atoms with van der Waals surface area (Å²) in [6.45, 7) is -0.711. The molecule has 0 aliphatic heterocycles. The van der Waals surface area contributed by atoms with Crippen LogP contribution in [-0.4, -0.2) is 97.1 Å². The van der Waals surface area contributed by atoms with Crippen LogP contribution in [0.1, 0.15) is 31.8 Å². The van der Waals surface area contributed by atoms with E-state index < -0.39 is 85.7 Å². The molecule has 14 N–H and O–H groups in total. The first-order valence-corrected chi connectivity index (χ1v) is 26.6. The summed E-state index contributed by atoms with van der Waals surface area (Å²) >= 11 is 0. The van der Waals surface area contributed by atoms with Crippen molar-refractivity contribution in [1.29, 1.82) is 0 Å². The van der Waals surface area contributed by atoms with Gasteiger partial charge in [-0.3, -0.25) is 43.7 Å². The van der Waals surface area contributed by atoms with Crippen LogP contribution in [0.15, 0.2) is 161 Å². The van der Waals surface area contributed by atoms with Crippen LogP contribution in [0.25, 0.3) is 12.2 Å². The van der Waals surface area contributed by atoms with E-state index in [0.29, 0.717) is 17.1 Å². The fourth-order valence-corrected chi connectivity index (χ4v) is 9.37. The number of carbonyl (C=O) groups is 4. The highest BCUT2D eigenvalue weighted by molar-refractivity contribution is 7.91. The number of Topliss-reactive ketones (excluding diaryl/α,β-unsaturated/α-hetero) is 2. The minimum atomic E-state index is -5.14. The number of carboxylic acids is 2. The summed E-state index contributed by atoms with van der Waals surface area (Å²) in [6, 6.07) is 26.1. The number of nitrogens with zero attached hydrogens (tertiary/aromatic N) is 6. The molecule has 0 amide bonds. The Labute approximate surface area is 446 Å². The van der Waals surface area contributed by atoms with E-state index in [4.69, 9.17) is 21.7 Å². The van der Waals surface area contributed by atoms with Gasteiger partial charge in [0, 0.05) is 33.9 Å². The third-order valence-electron chi connectivity index (χ3n) is 11.1. The van der Waals surface area contributed by atoms with E-state index in [1.54, 1.807) is 0 Å². The molecule has 6 aromatic carbocycles. The van der Waals surface area contributed by atoms with Gasteiger partial charge in [-0.25, -0.2) is 0 Å². The maximum absolute atomic E-state index is 13.8. The average Bonchev–Trinajstić information content (AvgIpc) is 3.53. The number of hydrogen-bond donors (Lipinski definition) is 12. The van der Waals surface area contributed by atoms with Crippen molar-refractivity contribution < 1.29 is 68.3 Å². The van der Waals surface area contributed by atoms with E-state index in [2.05, 4.69) is 57.5 Å². The maximum atomic E-state index is 13.8. The van der Waals surface area contributed by atoms with Gasteiger partial charge in [0.25, 0.3) is 30.4 Å². The standard InChI is InChI=1S/C48H39N13O15S3/c49-35-19-28(51-22-43(62)63)9-12-37(35)57-55-31-3-1-24-15-41(78(71,72)73)45(47(66)33(24)17-31)60-54-27-7-5-26(6-8-27)53-30-11-14-39(40(21-30)77(68,69)70)59-61-46-42(79(74,75)76)16-25-2-4-32(18-34(25)48(46)67)56-58-38-13-10-29(20-36(38)50)52-23-44(64)65/h1-21,51-54,59H,22-23,49-50H2,(H,62,63)(H,64,65)(H,68,69,70)(H,71,72,73)(H,74,75,76)/b57-55?,58-56?,60-45+,61-46+. The van der Waals surface area contributed by atoms with E-state index >= 15 is 0 Å². The van der Waals surface area contributed by atoms with Crippen LogP contribution >= 0.6 is 0 Å². The molecular formula is C48H39N13O15S3. The quantitative estimate of drug-likeness (QED) is 0.0162. The number of nitrogens with two attached hydrogens (primary N) is 2. The van der Waals surface area contributed by atoms with E-state index in [1.807, 2.05) is 0 Å². The Morgan fingerprint density at radius 2 is 0.911 bits per heavy atom. The second-order valence-electron chi connectivity index (χ2n) is 16.6. The minimum absolute atomic E-state index is 0.0310. The fraction of sp³-hybridized carbons (Fsp3) is 0.0417. The van der Waals surface area contributed by atoms with Crippen molar-refractivity contribution in [3.63, 3.8) is 0 Å². The summed E-state index contributed by atoms with van der Waals surface area (Å²) in [5.41, 5.74) is 17.2. The van der Waals surface area contributed by atoms with Crippen LogP contribution in [0, 0.1) is 0 Å². The van der Waals surface area contributed by atoms with Crippen molar-refractivity contribution in [2.45, 2.75) is 4.90 Å². The molecule has 28 nitrogen and oxygen atoms in total.